The zero-order valence-corrected chi connectivity index (χ0v) is 11.0. The van der Waals surface area contributed by atoms with Crippen LogP contribution in [0, 0.1) is 11.8 Å². The molecule has 0 aromatic rings. The van der Waals surface area contributed by atoms with Crippen LogP contribution < -0.4 is 5.73 Å². The lowest BCUT2D eigenvalue weighted by Crippen LogP contribution is -2.48. The second-order valence-electron chi connectivity index (χ2n) is 6.09. The minimum Gasteiger partial charge on any atom is -0.330 e. The van der Waals surface area contributed by atoms with Gasteiger partial charge in [-0.05, 0) is 51.1 Å². The third kappa shape index (κ3) is 2.60. The van der Waals surface area contributed by atoms with Crippen molar-refractivity contribution in [1.82, 2.24) is 4.90 Å². The van der Waals surface area contributed by atoms with E-state index in [0.29, 0.717) is 0 Å². The Kier molecular flexibility index (Phi) is 4.26. The highest BCUT2D eigenvalue weighted by Crippen LogP contribution is 2.34. The maximum Gasteiger partial charge on any atom is 0.0138 e. The molecule has 0 aromatic carbocycles. The Labute approximate surface area is 101 Å². The summed E-state index contributed by atoms with van der Waals surface area (Å²) >= 11 is 0. The summed E-state index contributed by atoms with van der Waals surface area (Å²) < 4.78 is 0. The third-order valence-corrected chi connectivity index (χ3v) is 4.94. The van der Waals surface area contributed by atoms with E-state index in [-0.39, 0.29) is 0 Å². The van der Waals surface area contributed by atoms with Crippen LogP contribution in [-0.2, 0) is 0 Å². The monoisotopic (exact) mass is 224 g/mol. The molecule has 2 nitrogen and oxygen atoms in total. The number of hydrogen-bond donors (Lipinski definition) is 1. The number of nitrogens with zero attached hydrogens (tertiary/aromatic N) is 1. The maximum atomic E-state index is 5.95. The molecule has 2 N–H and O–H groups in total. The molecule has 0 spiro atoms. The highest BCUT2D eigenvalue weighted by molar-refractivity contribution is 4.89. The summed E-state index contributed by atoms with van der Waals surface area (Å²) in [5.41, 5.74) is 5.95. The van der Waals surface area contributed by atoms with Crippen molar-refractivity contribution in [3.8, 4) is 0 Å². The van der Waals surface area contributed by atoms with E-state index in [4.69, 9.17) is 5.73 Å². The lowest BCUT2D eigenvalue weighted by atomic mass is 9.78. The molecule has 0 bridgehead atoms. The lowest BCUT2D eigenvalue weighted by Gasteiger charge is -2.42. The fourth-order valence-corrected chi connectivity index (χ4v) is 3.77. The Balaban J connectivity index is 1.97. The van der Waals surface area contributed by atoms with E-state index in [1.165, 1.54) is 44.9 Å². The van der Waals surface area contributed by atoms with Crippen molar-refractivity contribution in [1.29, 1.82) is 0 Å². The van der Waals surface area contributed by atoms with Crippen LogP contribution in [0.2, 0.25) is 0 Å². The minimum atomic E-state index is 0.752. The number of rotatable bonds is 3. The fraction of sp³-hybridized carbons (Fsp3) is 1.00. The first-order valence-corrected chi connectivity index (χ1v) is 7.14. The summed E-state index contributed by atoms with van der Waals surface area (Å²) in [6.45, 7) is 3.29. The second-order valence-corrected chi connectivity index (χ2v) is 6.09. The Morgan fingerprint density at radius 2 is 1.81 bits per heavy atom. The van der Waals surface area contributed by atoms with Crippen LogP contribution in [0.25, 0.3) is 0 Å². The molecule has 0 aromatic heterocycles. The molecular formula is C14H28N2. The molecule has 3 atom stereocenters. The number of hydrogen-bond acceptors (Lipinski definition) is 2. The van der Waals surface area contributed by atoms with Crippen molar-refractivity contribution in [2.75, 3.05) is 13.6 Å². The standard InChI is InChI=1S/C14H28N2/c1-11-7-8-12(10-15)14(9-11)16(2)13-5-3-4-6-13/h11-14H,3-10,15H2,1-2H3. The third-order valence-electron chi connectivity index (χ3n) is 4.94. The van der Waals surface area contributed by atoms with Crippen LogP contribution in [0.15, 0.2) is 0 Å². The Morgan fingerprint density at radius 1 is 1.12 bits per heavy atom. The molecule has 0 amide bonds. The van der Waals surface area contributed by atoms with E-state index >= 15 is 0 Å². The van der Waals surface area contributed by atoms with E-state index in [1.54, 1.807) is 0 Å². The predicted octanol–water partition coefficient (Wildman–Crippen LogP) is 2.62. The Morgan fingerprint density at radius 3 is 2.44 bits per heavy atom. The van der Waals surface area contributed by atoms with Gasteiger partial charge in [0.25, 0.3) is 0 Å². The summed E-state index contributed by atoms with van der Waals surface area (Å²) in [7, 11) is 2.35. The molecule has 16 heavy (non-hydrogen) atoms. The first-order valence-electron chi connectivity index (χ1n) is 7.14. The molecule has 3 unspecified atom stereocenters. The van der Waals surface area contributed by atoms with E-state index in [1.807, 2.05) is 0 Å². The second kappa shape index (κ2) is 5.50. The van der Waals surface area contributed by atoms with Crippen molar-refractivity contribution in [3.05, 3.63) is 0 Å². The van der Waals surface area contributed by atoms with Crippen LogP contribution in [0.3, 0.4) is 0 Å². The van der Waals surface area contributed by atoms with E-state index in [2.05, 4.69) is 18.9 Å². The molecule has 2 heteroatoms. The average Bonchev–Trinajstić information content (AvgIpc) is 2.81. The molecule has 2 saturated carbocycles. The van der Waals surface area contributed by atoms with Crippen LogP contribution in [-0.4, -0.2) is 30.6 Å². The molecule has 2 aliphatic rings. The molecule has 94 valence electrons. The predicted molar refractivity (Wildman–Crippen MR) is 69.4 cm³/mol. The van der Waals surface area contributed by atoms with Crippen molar-refractivity contribution in [2.24, 2.45) is 17.6 Å². The molecule has 0 radical (unpaired) electrons. The van der Waals surface area contributed by atoms with Crippen LogP contribution in [0.1, 0.15) is 51.9 Å². The van der Waals surface area contributed by atoms with Gasteiger partial charge in [0, 0.05) is 12.1 Å². The van der Waals surface area contributed by atoms with Gasteiger partial charge in [-0.25, -0.2) is 0 Å². The van der Waals surface area contributed by atoms with Crippen molar-refractivity contribution in [2.45, 2.75) is 64.0 Å². The van der Waals surface area contributed by atoms with Crippen molar-refractivity contribution >= 4 is 0 Å². The Hall–Kier alpha value is -0.0800. The zero-order valence-electron chi connectivity index (χ0n) is 11.0. The van der Waals surface area contributed by atoms with Gasteiger partial charge in [0.05, 0.1) is 0 Å². The fourth-order valence-electron chi connectivity index (χ4n) is 3.77. The van der Waals surface area contributed by atoms with E-state index in [0.717, 1.165) is 30.5 Å². The van der Waals surface area contributed by atoms with Gasteiger partial charge in [-0.3, -0.25) is 0 Å². The molecule has 0 saturated heterocycles. The molecule has 0 aliphatic heterocycles. The van der Waals surface area contributed by atoms with Gasteiger partial charge >= 0.3 is 0 Å². The first-order chi connectivity index (χ1) is 7.72. The van der Waals surface area contributed by atoms with Crippen molar-refractivity contribution < 1.29 is 0 Å². The largest absolute Gasteiger partial charge is 0.330 e. The Bertz CT molecular complexity index is 211. The summed E-state index contributed by atoms with van der Waals surface area (Å²) in [6, 6.07) is 1.61. The molecule has 0 heterocycles. The van der Waals surface area contributed by atoms with Gasteiger partial charge in [-0.1, -0.05) is 26.2 Å². The summed E-state index contributed by atoms with van der Waals surface area (Å²) in [5.74, 6) is 1.65. The molecule has 2 rings (SSSR count). The van der Waals surface area contributed by atoms with Crippen LogP contribution >= 0.6 is 0 Å². The summed E-state index contributed by atoms with van der Waals surface area (Å²) in [5, 5.41) is 0. The molecular weight excluding hydrogens is 196 g/mol. The molecule has 2 aliphatic carbocycles. The summed E-state index contributed by atoms with van der Waals surface area (Å²) in [4.78, 5) is 2.68. The van der Waals surface area contributed by atoms with Crippen LogP contribution in [0.4, 0.5) is 0 Å². The van der Waals surface area contributed by atoms with Gasteiger partial charge in [-0.15, -0.1) is 0 Å². The SMILES string of the molecule is CC1CCC(CN)C(N(C)C2CCCC2)C1. The highest BCUT2D eigenvalue weighted by atomic mass is 15.2. The quantitative estimate of drug-likeness (QED) is 0.798. The first kappa shape index (κ1) is 12.4. The zero-order chi connectivity index (χ0) is 11.5. The van der Waals surface area contributed by atoms with E-state index in [9.17, 15) is 0 Å². The topological polar surface area (TPSA) is 29.3 Å². The van der Waals surface area contributed by atoms with Gasteiger partial charge in [-0.2, -0.15) is 0 Å². The van der Waals surface area contributed by atoms with E-state index < -0.39 is 0 Å². The maximum absolute atomic E-state index is 5.95. The highest BCUT2D eigenvalue weighted by Gasteiger charge is 2.34. The van der Waals surface area contributed by atoms with Gasteiger partial charge in [0.15, 0.2) is 0 Å². The van der Waals surface area contributed by atoms with Gasteiger partial charge in [0.2, 0.25) is 0 Å². The van der Waals surface area contributed by atoms with Gasteiger partial charge in [0.1, 0.15) is 0 Å². The average molecular weight is 224 g/mol. The summed E-state index contributed by atoms with van der Waals surface area (Å²) in [6.07, 6.45) is 9.80. The normalized spacial score (nSPS) is 37.1. The molecule has 2 fully saturated rings. The van der Waals surface area contributed by atoms with Crippen LogP contribution in [0.5, 0.6) is 0 Å². The number of nitrogens with two attached hydrogens (primary N) is 1. The lowest BCUT2D eigenvalue weighted by molar-refractivity contribution is 0.0750. The van der Waals surface area contributed by atoms with Crippen molar-refractivity contribution in [3.63, 3.8) is 0 Å². The minimum absolute atomic E-state index is 0.752. The van der Waals surface area contributed by atoms with Gasteiger partial charge < -0.3 is 10.6 Å². The smallest absolute Gasteiger partial charge is 0.0138 e.